The molecule has 0 unspecified atom stereocenters. The van der Waals surface area contributed by atoms with Gasteiger partial charge in [0.1, 0.15) is 5.76 Å². The number of aryl methyl sites for hydroxylation is 1. The second kappa shape index (κ2) is 7.52. The van der Waals surface area contributed by atoms with Gasteiger partial charge in [-0.15, -0.1) is 0 Å². The number of thioether (sulfide) groups is 1. The number of aromatic nitrogens is 2. The summed E-state index contributed by atoms with van der Waals surface area (Å²) in [6, 6.07) is 8.11. The number of fused-ring (bicyclic) bond motifs is 1. The molecule has 3 aromatic rings. The van der Waals surface area contributed by atoms with Crippen LogP contribution in [0.15, 0.2) is 51.1 Å². The maximum absolute atomic E-state index is 12.0. The van der Waals surface area contributed by atoms with E-state index in [4.69, 9.17) is 9.56 Å². The molecule has 0 saturated carbocycles. The van der Waals surface area contributed by atoms with Crippen LogP contribution in [0.1, 0.15) is 12.7 Å². The van der Waals surface area contributed by atoms with Gasteiger partial charge < -0.3 is 14.3 Å². The summed E-state index contributed by atoms with van der Waals surface area (Å²) in [4.78, 5) is 16.5. The van der Waals surface area contributed by atoms with Gasteiger partial charge in [-0.1, -0.05) is 11.8 Å². The van der Waals surface area contributed by atoms with E-state index >= 15 is 0 Å². The lowest BCUT2D eigenvalue weighted by atomic mass is 10.3. The number of imidazole rings is 1. The second-order valence-electron chi connectivity index (χ2n) is 5.48. The third kappa shape index (κ3) is 4.09. The van der Waals surface area contributed by atoms with E-state index in [1.807, 2.05) is 11.5 Å². The number of carbonyl (C=O) groups is 1. The molecule has 0 aliphatic carbocycles. The molecule has 0 fully saturated rings. The molecule has 8 nitrogen and oxygen atoms in total. The number of benzene rings is 1. The molecule has 0 aliphatic heterocycles. The number of amides is 1. The van der Waals surface area contributed by atoms with Gasteiger partial charge in [0, 0.05) is 6.54 Å². The van der Waals surface area contributed by atoms with Crippen molar-refractivity contribution in [3.05, 3.63) is 42.4 Å². The monoisotopic (exact) mass is 394 g/mol. The largest absolute Gasteiger partial charge is 0.467 e. The lowest BCUT2D eigenvalue weighted by Crippen LogP contribution is -2.24. The Labute approximate surface area is 154 Å². The van der Waals surface area contributed by atoms with E-state index in [0.29, 0.717) is 29.5 Å². The Morgan fingerprint density at radius 3 is 2.85 bits per heavy atom. The topological polar surface area (TPSA) is 120 Å². The number of carbonyl (C=O) groups excluding carboxylic acids is 1. The van der Waals surface area contributed by atoms with Crippen LogP contribution in [-0.2, 0) is 27.9 Å². The van der Waals surface area contributed by atoms with Crippen LogP contribution in [0.4, 0.5) is 0 Å². The summed E-state index contributed by atoms with van der Waals surface area (Å²) < 4.78 is 30.1. The first kappa shape index (κ1) is 18.5. The number of nitrogens with two attached hydrogens (primary N) is 1. The van der Waals surface area contributed by atoms with Gasteiger partial charge >= 0.3 is 0 Å². The van der Waals surface area contributed by atoms with Crippen LogP contribution in [0.3, 0.4) is 0 Å². The normalized spacial score (nSPS) is 11.8. The van der Waals surface area contributed by atoms with Gasteiger partial charge in [0.05, 0.1) is 34.5 Å². The van der Waals surface area contributed by atoms with E-state index in [0.717, 1.165) is 5.52 Å². The summed E-state index contributed by atoms with van der Waals surface area (Å²) in [5.74, 6) is 0.720. The fourth-order valence-electron chi connectivity index (χ4n) is 2.46. The van der Waals surface area contributed by atoms with Crippen LogP contribution in [0.2, 0.25) is 0 Å². The van der Waals surface area contributed by atoms with Crippen LogP contribution in [0.25, 0.3) is 11.0 Å². The Bertz CT molecular complexity index is 1030. The van der Waals surface area contributed by atoms with Gasteiger partial charge in [0.25, 0.3) is 0 Å². The molecule has 0 saturated heterocycles. The summed E-state index contributed by atoms with van der Waals surface area (Å²) in [5.41, 5.74) is 1.32. The van der Waals surface area contributed by atoms with Crippen molar-refractivity contribution < 1.29 is 17.6 Å². The number of nitrogens with one attached hydrogen (secondary N) is 1. The van der Waals surface area contributed by atoms with Crippen molar-refractivity contribution >= 4 is 38.7 Å². The van der Waals surface area contributed by atoms with Gasteiger partial charge in [-0.2, -0.15) is 0 Å². The summed E-state index contributed by atoms with van der Waals surface area (Å²) in [6.45, 7) is 2.92. The van der Waals surface area contributed by atoms with Crippen LogP contribution in [0.5, 0.6) is 0 Å². The zero-order valence-electron chi connectivity index (χ0n) is 14.0. The van der Waals surface area contributed by atoms with Crippen molar-refractivity contribution in [2.45, 2.75) is 30.1 Å². The highest BCUT2D eigenvalue weighted by Gasteiger charge is 2.15. The van der Waals surface area contributed by atoms with E-state index in [-0.39, 0.29) is 16.6 Å². The zero-order chi connectivity index (χ0) is 18.7. The average Bonchev–Trinajstić information content (AvgIpc) is 3.23. The predicted molar refractivity (Wildman–Crippen MR) is 98.1 cm³/mol. The van der Waals surface area contributed by atoms with E-state index in [1.54, 1.807) is 24.5 Å². The summed E-state index contributed by atoms with van der Waals surface area (Å²) >= 11 is 1.28. The number of sulfonamides is 1. The summed E-state index contributed by atoms with van der Waals surface area (Å²) in [5, 5.41) is 8.58. The zero-order valence-corrected chi connectivity index (χ0v) is 15.6. The highest BCUT2D eigenvalue weighted by atomic mass is 32.2. The van der Waals surface area contributed by atoms with Gasteiger partial charge in [-0.05, 0) is 37.3 Å². The van der Waals surface area contributed by atoms with Crippen molar-refractivity contribution in [3.63, 3.8) is 0 Å². The highest BCUT2D eigenvalue weighted by Crippen LogP contribution is 2.25. The SMILES string of the molecule is CCn1c(SCC(=O)NCc2ccco2)nc2cc(S(N)(=O)=O)ccc21. The van der Waals surface area contributed by atoms with Crippen LogP contribution >= 0.6 is 11.8 Å². The molecule has 26 heavy (non-hydrogen) atoms. The molecule has 1 aromatic carbocycles. The second-order valence-corrected chi connectivity index (χ2v) is 7.98. The van der Waals surface area contributed by atoms with Crippen LogP contribution in [-0.4, -0.2) is 29.6 Å². The smallest absolute Gasteiger partial charge is 0.238 e. The minimum atomic E-state index is -3.79. The molecular formula is C16H18N4O4S2. The van der Waals surface area contributed by atoms with Crippen molar-refractivity contribution in [1.82, 2.24) is 14.9 Å². The first-order valence-corrected chi connectivity index (χ1v) is 10.4. The molecule has 0 bridgehead atoms. The van der Waals surface area contributed by atoms with Gasteiger partial charge in [-0.3, -0.25) is 4.79 Å². The van der Waals surface area contributed by atoms with E-state index in [1.165, 1.54) is 23.9 Å². The Kier molecular flexibility index (Phi) is 5.35. The Balaban J connectivity index is 1.73. The van der Waals surface area contributed by atoms with Gasteiger partial charge in [0.2, 0.25) is 15.9 Å². The molecule has 0 atom stereocenters. The average molecular weight is 394 g/mol. The number of hydrogen-bond donors (Lipinski definition) is 2. The minimum Gasteiger partial charge on any atom is -0.467 e. The molecule has 2 aromatic heterocycles. The molecule has 0 aliphatic rings. The number of rotatable bonds is 7. The third-order valence-corrected chi connectivity index (χ3v) is 5.59. The summed E-state index contributed by atoms with van der Waals surface area (Å²) in [6.07, 6.45) is 1.55. The fraction of sp³-hybridized carbons (Fsp3) is 0.250. The molecule has 2 heterocycles. The molecule has 1 amide bonds. The van der Waals surface area contributed by atoms with Crippen molar-refractivity contribution in [1.29, 1.82) is 0 Å². The predicted octanol–water partition coefficient (Wildman–Crippen LogP) is 1.71. The lowest BCUT2D eigenvalue weighted by Gasteiger charge is -2.06. The Morgan fingerprint density at radius 2 is 2.19 bits per heavy atom. The Hall–Kier alpha value is -2.30. The maximum atomic E-state index is 12.0. The Morgan fingerprint density at radius 1 is 1.38 bits per heavy atom. The summed E-state index contributed by atoms with van der Waals surface area (Å²) in [7, 11) is -3.79. The van der Waals surface area contributed by atoms with Crippen molar-refractivity contribution in [3.8, 4) is 0 Å². The molecular weight excluding hydrogens is 376 g/mol. The third-order valence-electron chi connectivity index (χ3n) is 3.70. The van der Waals surface area contributed by atoms with Crippen molar-refractivity contribution in [2.75, 3.05) is 5.75 Å². The van der Waals surface area contributed by atoms with Crippen LogP contribution in [0, 0.1) is 0 Å². The first-order valence-electron chi connectivity index (χ1n) is 7.83. The number of hydrogen-bond acceptors (Lipinski definition) is 6. The number of primary sulfonamides is 1. The van der Waals surface area contributed by atoms with E-state index in [9.17, 15) is 13.2 Å². The lowest BCUT2D eigenvalue weighted by molar-refractivity contribution is -0.118. The fourth-order valence-corrected chi connectivity index (χ4v) is 3.90. The molecule has 138 valence electrons. The maximum Gasteiger partial charge on any atom is 0.238 e. The van der Waals surface area contributed by atoms with Crippen molar-refractivity contribution in [2.24, 2.45) is 5.14 Å². The number of furan rings is 1. The quantitative estimate of drug-likeness (QED) is 0.589. The standard InChI is InChI=1S/C16H18N4O4S2/c1-2-20-14-6-5-12(26(17,22)23)8-13(14)19-16(20)25-10-15(21)18-9-11-4-3-7-24-11/h3-8H,2,9-10H2,1H3,(H,18,21)(H2,17,22,23). The molecule has 0 spiro atoms. The van der Waals surface area contributed by atoms with E-state index < -0.39 is 10.0 Å². The first-order chi connectivity index (χ1) is 12.4. The minimum absolute atomic E-state index is 0.0125. The molecule has 10 heteroatoms. The highest BCUT2D eigenvalue weighted by molar-refractivity contribution is 7.99. The van der Waals surface area contributed by atoms with E-state index in [2.05, 4.69) is 10.3 Å². The molecule has 3 rings (SSSR count). The molecule has 3 N–H and O–H groups in total. The van der Waals surface area contributed by atoms with Crippen LogP contribution < -0.4 is 10.5 Å². The van der Waals surface area contributed by atoms with Gasteiger partial charge in [-0.25, -0.2) is 18.5 Å². The van der Waals surface area contributed by atoms with Gasteiger partial charge in [0.15, 0.2) is 5.16 Å². The number of nitrogens with zero attached hydrogens (tertiary/aromatic N) is 2. The molecule has 0 radical (unpaired) electrons.